The van der Waals surface area contributed by atoms with Crippen LogP contribution in [0.1, 0.15) is 16.8 Å². The van der Waals surface area contributed by atoms with Crippen LogP contribution in [0.3, 0.4) is 0 Å². The van der Waals surface area contributed by atoms with Gasteiger partial charge < -0.3 is 25.2 Å². The summed E-state index contributed by atoms with van der Waals surface area (Å²) in [7, 11) is -3.28. The van der Waals surface area contributed by atoms with Crippen LogP contribution < -0.4 is 4.74 Å². The Morgan fingerprint density at radius 1 is 1.14 bits per heavy atom. The third kappa shape index (κ3) is 4.76. The standard InChI is InChI=1S/C18H24N2O7S2/c1-9-12(7-10-3-5-11(6-4-10)29(2,25)26)17(20-19-9)27-18-16(24)15(23)14(22)13(8-21)28-18/h3-6,13-16,18,21-24H,7-8H2,1-2H3,(H,19,20)/t13-,14-,15+,16-,18-/m1/s1. The van der Waals surface area contributed by atoms with Gasteiger partial charge in [-0.25, -0.2) is 8.42 Å². The molecule has 0 spiro atoms. The molecule has 29 heavy (non-hydrogen) atoms. The van der Waals surface area contributed by atoms with Crippen LogP contribution in [0.25, 0.3) is 0 Å². The van der Waals surface area contributed by atoms with Gasteiger partial charge in [0.2, 0.25) is 5.88 Å². The molecule has 160 valence electrons. The highest BCUT2D eigenvalue weighted by atomic mass is 32.2. The number of sulfone groups is 1. The molecule has 1 fully saturated rings. The third-order valence-corrected chi connectivity index (χ3v) is 7.39. The van der Waals surface area contributed by atoms with Crippen molar-refractivity contribution in [1.82, 2.24) is 10.2 Å². The second-order valence-electron chi connectivity index (χ2n) is 7.04. The van der Waals surface area contributed by atoms with Crippen LogP contribution >= 0.6 is 11.8 Å². The van der Waals surface area contributed by atoms with Gasteiger partial charge in [0.25, 0.3) is 0 Å². The summed E-state index contributed by atoms with van der Waals surface area (Å²) in [4.78, 5) is 0.228. The molecule has 0 unspecified atom stereocenters. The van der Waals surface area contributed by atoms with E-state index < -0.39 is 38.8 Å². The van der Waals surface area contributed by atoms with E-state index in [2.05, 4.69) is 10.2 Å². The molecular formula is C18H24N2O7S2. The number of rotatable bonds is 6. The second kappa shape index (κ2) is 8.62. The van der Waals surface area contributed by atoms with Crippen LogP contribution in [0, 0.1) is 6.92 Å². The summed E-state index contributed by atoms with van der Waals surface area (Å²) >= 11 is 1.02. The van der Waals surface area contributed by atoms with Gasteiger partial charge in [0, 0.05) is 23.9 Å². The molecule has 0 saturated carbocycles. The van der Waals surface area contributed by atoms with Crippen molar-refractivity contribution in [2.45, 2.75) is 47.2 Å². The maximum absolute atomic E-state index is 11.6. The molecular weight excluding hydrogens is 420 g/mol. The topological polar surface area (TPSA) is 153 Å². The van der Waals surface area contributed by atoms with Crippen molar-refractivity contribution in [3.63, 3.8) is 0 Å². The fraction of sp³-hybridized carbons (Fsp3) is 0.500. The Morgan fingerprint density at radius 2 is 1.79 bits per heavy atom. The number of aromatic amines is 1. The molecule has 0 radical (unpaired) electrons. The van der Waals surface area contributed by atoms with E-state index in [1.165, 1.54) is 12.1 Å². The second-order valence-corrected chi connectivity index (χ2v) is 10.4. The summed E-state index contributed by atoms with van der Waals surface area (Å²) in [5.41, 5.74) is 1.36. The summed E-state index contributed by atoms with van der Waals surface area (Å²) in [6.45, 7) is 1.42. The lowest BCUT2D eigenvalue weighted by atomic mass is 10.0. The summed E-state index contributed by atoms with van der Waals surface area (Å²) in [6, 6.07) is 6.48. The Morgan fingerprint density at radius 3 is 2.38 bits per heavy atom. The largest absolute Gasteiger partial charge is 0.459 e. The lowest BCUT2D eigenvalue weighted by molar-refractivity contribution is -0.0915. The van der Waals surface area contributed by atoms with Crippen molar-refractivity contribution in [3.05, 3.63) is 41.1 Å². The van der Waals surface area contributed by atoms with E-state index in [4.69, 9.17) is 4.74 Å². The first-order valence-electron chi connectivity index (χ1n) is 8.92. The zero-order chi connectivity index (χ0) is 21.3. The smallest absolute Gasteiger partial charge is 0.237 e. The van der Waals surface area contributed by atoms with E-state index in [-0.39, 0.29) is 17.4 Å². The van der Waals surface area contributed by atoms with Crippen molar-refractivity contribution < 1.29 is 33.6 Å². The molecule has 0 amide bonds. The number of ether oxygens (including phenoxy) is 1. The number of H-pyrrole nitrogens is 1. The van der Waals surface area contributed by atoms with Gasteiger partial charge in [0.1, 0.15) is 12.2 Å². The number of hydrogen-bond donors (Lipinski definition) is 5. The highest BCUT2D eigenvalue weighted by Crippen LogP contribution is 2.35. The predicted molar refractivity (Wildman–Crippen MR) is 107 cm³/mol. The molecule has 9 nitrogen and oxygen atoms in total. The van der Waals surface area contributed by atoms with Crippen LogP contribution in [0.15, 0.2) is 29.2 Å². The first-order valence-corrected chi connectivity index (χ1v) is 11.7. The molecule has 2 aromatic rings. The van der Waals surface area contributed by atoms with E-state index in [1.807, 2.05) is 0 Å². The van der Waals surface area contributed by atoms with E-state index >= 15 is 0 Å². The van der Waals surface area contributed by atoms with Crippen LogP contribution in [0.5, 0.6) is 5.88 Å². The third-order valence-electron chi connectivity index (χ3n) is 4.84. The Hall–Kier alpha value is -1.63. The molecule has 1 aliphatic rings. The van der Waals surface area contributed by atoms with Crippen LogP contribution in [-0.4, -0.2) is 80.9 Å². The van der Waals surface area contributed by atoms with Crippen LogP contribution in [-0.2, 0) is 16.3 Å². The summed E-state index contributed by atoms with van der Waals surface area (Å²) in [5.74, 6) is 0.228. The van der Waals surface area contributed by atoms with Gasteiger partial charge in [0.05, 0.1) is 22.9 Å². The zero-order valence-corrected chi connectivity index (χ0v) is 17.5. The number of nitrogens with zero attached hydrogens (tertiary/aromatic N) is 1. The number of aryl methyl sites for hydroxylation is 1. The monoisotopic (exact) mass is 444 g/mol. The van der Waals surface area contributed by atoms with Gasteiger partial charge in [-0.2, -0.15) is 0 Å². The van der Waals surface area contributed by atoms with E-state index in [0.29, 0.717) is 12.0 Å². The van der Waals surface area contributed by atoms with Crippen molar-refractivity contribution in [3.8, 4) is 5.88 Å². The quantitative estimate of drug-likeness (QED) is 0.401. The summed E-state index contributed by atoms with van der Waals surface area (Å²) in [6.07, 6.45) is -2.54. The minimum atomic E-state index is -3.28. The molecule has 1 aromatic heterocycles. The van der Waals surface area contributed by atoms with Crippen molar-refractivity contribution in [2.75, 3.05) is 12.9 Å². The van der Waals surface area contributed by atoms with Gasteiger partial charge in [-0.05, 0) is 24.6 Å². The number of benzene rings is 1. The van der Waals surface area contributed by atoms with Gasteiger partial charge >= 0.3 is 0 Å². The zero-order valence-electron chi connectivity index (χ0n) is 15.9. The number of nitrogens with one attached hydrogen (secondary N) is 1. The van der Waals surface area contributed by atoms with E-state index in [1.54, 1.807) is 19.1 Å². The minimum absolute atomic E-state index is 0.228. The van der Waals surface area contributed by atoms with Crippen molar-refractivity contribution in [2.24, 2.45) is 0 Å². The minimum Gasteiger partial charge on any atom is -0.459 e. The molecule has 2 heterocycles. The SMILES string of the molecule is Cc1[nH]nc(O[C@@H]2S[C@H](CO)[C@@H](O)[C@H](O)[C@H]2O)c1Cc1ccc(S(C)(=O)=O)cc1. The molecule has 0 aliphatic carbocycles. The van der Waals surface area contributed by atoms with Crippen molar-refractivity contribution in [1.29, 1.82) is 0 Å². The van der Waals surface area contributed by atoms with Gasteiger partial charge in [-0.15, -0.1) is 16.9 Å². The number of hydrogen-bond acceptors (Lipinski definition) is 9. The molecule has 5 atom stereocenters. The molecule has 0 bridgehead atoms. The van der Waals surface area contributed by atoms with Crippen molar-refractivity contribution >= 4 is 21.6 Å². The van der Waals surface area contributed by atoms with Crippen LogP contribution in [0.2, 0.25) is 0 Å². The molecule has 1 aliphatic heterocycles. The highest BCUT2D eigenvalue weighted by molar-refractivity contribution is 8.00. The molecule has 3 rings (SSSR count). The fourth-order valence-electron chi connectivity index (χ4n) is 3.07. The Bertz CT molecular complexity index is 944. The lowest BCUT2D eigenvalue weighted by Crippen LogP contribution is -2.55. The average Bonchev–Trinajstić information content (AvgIpc) is 3.01. The maximum atomic E-state index is 11.6. The number of thioether (sulfide) groups is 1. The highest BCUT2D eigenvalue weighted by Gasteiger charge is 2.44. The fourth-order valence-corrected chi connectivity index (χ4v) is 4.92. The number of aromatic nitrogens is 2. The van der Waals surface area contributed by atoms with Gasteiger partial charge in [-0.1, -0.05) is 12.1 Å². The number of aliphatic hydroxyl groups excluding tert-OH is 4. The molecule has 11 heteroatoms. The predicted octanol–water partition coefficient (Wildman–Crippen LogP) is -0.392. The maximum Gasteiger partial charge on any atom is 0.237 e. The summed E-state index contributed by atoms with van der Waals surface area (Å²) in [5, 5.41) is 45.8. The molecule has 5 N–H and O–H groups in total. The van der Waals surface area contributed by atoms with E-state index in [9.17, 15) is 28.8 Å². The Kier molecular flexibility index (Phi) is 6.56. The Labute approximate surface area is 172 Å². The number of aliphatic hydroxyl groups is 4. The lowest BCUT2D eigenvalue weighted by Gasteiger charge is -2.38. The molecule has 1 aromatic carbocycles. The first-order chi connectivity index (χ1) is 13.6. The summed E-state index contributed by atoms with van der Waals surface area (Å²) < 4.78 is 29.0. The van der Waals surface area contributed by atoms with E-state index in [0.717, 1.165) is 29.3 Å². The Balaban J connectivity index is 1.79. The van der Waals surface area contributed by atoms with Gasteiger partial charge in [0.15, 0.2) is 15.3 Å². The average molecular weight is 445 g/mol. The molecule has 1 saturated heterocycles. The van der Waals surface area contributed by atoms with Crippen LogP contribution in [0.4, 0.5) is 0 Å². The van der Waals surface area contributed by atoms with Gasteiger partial charge in [-0.3, -0.25) is 5.10 Å². The first kappa shape index (κ1) is 22.1. The normalized spacial score (nSPS) is 27.7.